The summed E-state index contributed by atoms with van der Waals surface area (Å²) in [6.07, 6.45) is -3.00. The highest BCUT2D eigenvalue weighted by Gasteiger charge is 2.43. The smallest absolute Gasteiger partial charge is 0.329 e. The first-order chi connectivity index (χ1) is 16.5. The lowest BCUT2D eigenvalue weighted by Gasteiger charge is -2.32. The number of halogens is 1. The summed E-state index contributed by atoms with van der Waals surface area (Å²) in [6, 6.07) is 3.63. The van der Waals surface area contributed by atoms with Crippen molar-refractivity contribution in [2.75, 3.05) is 0 Å². The van der Waals surface area contributed by atoms with Gasteiger partial charge in [-0.3, -0.25) is 23.9 Å². The van der Waals surface area contributed by atoms with Crippen molar-refractivity contribution in [3.8, 4) is 34.5 Å². The minimum absolute atomic E-state index is 0.162. The molecule has 1 aromatic heterocycles. The summed E-state index contributed by atoms with van der Waals surface area (Å²) in [6.45, 7) is -0.941. The van der Waals surface area contributed by atoms with Crippen LogP contribution in [0.25, 0.3) is 0 Å². The predicted molar refractivity (Wildman–Crippen MR) is 110 cm³/mol. The molecule has 0 amide bonds. The zero-order valence-electron chi connectivity index (χ0n) is 17.3. The van der Waals surface area contributed by atoms with Crippen LogP contribution < -0.4 is 16.0 Å². The number of hydrogen-bond donors (Lipinski definition) is 6. The van der Waals surface area contributed by atoms with Crippen molar-refractivity contribution in [3.05, 3.63) is 68.2 Å². The van der Waals surface area contributed by atoms with Gasteiger partial charge in [-0.05, 0) is 12.1 Å². The molecule has 13 nitrogen and oxygen atoms in total. The van der Waals surface area contributed by atoms with E-state index in [0.29, 0.717) is 10.8 Å². The van der Waals surface area contributed by atoms with E-state index in [-0.39, 0.29) is 11.3 Å². The van der Waals surface area contributed by atoms with Crippen LogP contribution in [-0.4, -0.2) is 52.9 Å². The van der Waals surface area contributed by atoms with Crippen molar-refractivity contribution in [1.82, 2.24) is 9.55 Å². The number of esters is 1. The van der Waals surface area contributed by atoms with E-state index in [1.165, 1.54) is 0 Å². The Kier molecular flexibility index (Phi) is 5.56. The van der Waals surface area contributed by atoms with E-state index in [9.17, 15) is 49.1 Å². The van der Waals surface area contributed by atoms with Crippen LogP contribution in [0.1, 0.15) is 22.0 Å². The summed E-state index contributed by atoms with van der Waals surface area (Å²) in [4.78, 5) is 50.4. The molecule has 0 bridgehead atoms. The summed E-state index contributed by atoms with van der Waals surface area (Å²) in [7, 11) is 0. The standard InChI is InChI=1S/C21H15FN2O11/c22-9-5-24(21(33)23-20(9)32)6-14(29)35-19-17(31)15-10(26)3-8(25)4-13(15)34-18(19)7-1-11(27)16(30)12(28)2-7/h1-5,18-19,25-28,30H,6H2,(H,23,32,33). The number of aromatic nitrogens is 2. The van der Waals surface area contributed by atoms with Gasteiger partial charge in [0.25, 0.3) is 5.56 Å². The maximum Gasteiger partial charge on any atom is 0.329 e. The highest BCUT2D eigenvalue weighted by Crippen LogP contribution is 2.45. The first-order valence-electron chi connectivity index (χ1n) is 9.66. The molecule has 35 heavy (non-hydrogen) atoms. The van der Waals surface area contributed by atoms with Crippen LogP contribution in [-0.2, 0) is 16.1 Å². The number of fused-ring (bicyclic) bond motifs is 1. The molecule has 2 unspecified atom stereocenters. The summed E-state index contributed by atoms with van der Waals surface area (Å²) < 4.78 is 24.8. The largest absolute Gasteiger partial charge is 0.508 e. The minimum atomic E-state index is -1.88. The molecule has 14 heteroatoms. The molecule has 182 valence electrons. The lowest BCUT2D eigenvalue weighted by atomic mass is 9.92. The number of Topliss-reactive ketones (excluding diaryl/α,β-unsaturated/α-hetero) is 1. The van der Waals surface area contributed by atoms with Crippen LogP contribution in [0.5, 0.6) is 34.5 Å². The lowest BCUT2D eigenvalue weighted by Crippen LogP contribution is -2.41. The molecule has 6 N–H and O–H groups in total. The molecule has 0 saturated carbocycles. The summed E-state index contributed by atoms with van der Waals surface area (Å²) >= 11 is 0. The van der Waals surface area contributed by atoms with Crippen LogP contribution in [0.2, 0.25) is 0 Å². The Balaban J connectivity index is 1.74. The number of aromatic hydroxyl groups is 5. The van der Waals surface area contributed by atoms with Crippen LogP contribution in [0.3, 0.4) is 0 Å². The molecule has 0 aliphatic carbocycles. The Bertz CT molecular complexity index is 1470. The Morgan fingerprint density at radius 2 is 1.69 bits per heavy atom. The number of carbonyl (C=O) groups is 2. The summed E-state index contributed by atoms with van der Waals surface area (Å²) in [5.74, 6) is -7.63. The quantitative estimate of drug-likeness (QED) is 0.214. The molecule has 2 heterocycles. The number of carbonyl (C=O) groups excluding carboxylic acids is 2. The second-order valence-corrected chi connectivity index (χ2v) is 7.42. The highest BCUT2D eigenvalue weighted by molar-refractivity contribution is 6.06. The molecular formula is C21H15FN2O11. The van der Waals surface area contributed by atoms with Crippen molar-refractivity contribution >= 4 is 11.8 Å². The third-order valence-electron chi connectivity index (χ3n) is 5.05. The molecule has 2 aromatic carbocycles. The molecule has 3 aromatic rings. The Hall–Kier alpha value is -5.01. The number of aromatic amines is 1. The molecular weight excluding hydrogens is 475 g/mol. The van der Waals surface area contributed by atoms with Gasteiger partial charge < -0.3 is 35.0 Å². The summed E-state index contributed by atoms with van der Waals surface area (Å²) in [5.41, 5.74) is -3.07. The average molecular weight is 490 g/mol. The monoisotopic (exact) mass is 490 g/mol. The van der Waals surface area contributed by atoms with Gasteiger partial charge in [0, 0.05) is 17.7 Å². The normalized spacial score (nSPS) is 16.9. The topological polar surface area (TPSA) is 209 Å². The van der Waals surface area contributed by atoms with E-state index in [2.05, 4.69) is 0 Å². The number of ketones is 1. The van der Waals surface area contributed by atoms with Crippen molar-refractivity contribution < 1.29 is 49.0 Å². The SMILES string of the molecule is O=C(Cn1cc(F)c(=O)[nH]c1=O)OC1C(=O)c2c(O)cc(O)cc2OC1c1cc(O)c(O)c(O)c1. The Morgan fingerprint density at radius 3 is 2.34 bits per heavy atom. The van der Waals surface area contributed by atoms with E-state index >= 15 is 0 Å². The fourth-order valence-corrected chi connectivity index (χ4v) is 3.47. The van der Waals surface area contributed by atoms with Crippen molar-refractivity contribution in [3.63, 3.8) is 0 Å². The fraction of sp³-hybridized carbons (Fsp3) is 0.143. The minimum Gasteiger partial charge on any atom is -0.508 e. The van der Waals surface area contributed by atoms with E-state index in [1.807, 2.05) is 0 Å². The number of hydrogen-bond acceptors (Lipinski definition) is 11. The first kappa shape index (κ1) is 23.2. The number of nitrogens with zero attached hydrogens (tertiary/aromatic N) is 1. The maximum absolute atomic E-state index is 13.5. The van der Waals surface area contributed by atoms with Gasteiger partial charge in [0.1, 0.15) is 29.4 Å². The molecule has 0 fully saturated rings. The third-order valence-corrected chi connectivity index (χ3v) is 5.05. The number of phenols is 5. The second-order valence-electron chi connectivity index (χ2n) is 7.42. The first-order valence-corrected chi connectivity index (χ1v) is 9.66. The van der Waals surface area contributed by atoms with Crippen molar-refractivity contribution in [1.29, 1.82) is 0 Å². The van der Waals surface area contributed by atoms with E-state index in [0.717, 1.165) is 24.3 Å². The van der Waals surface area contributed by atoms with Gasteiger partial charge in [0.2, 0.25) is 17.7 Å². The van der Waals surface area contributed by atoms with Crippen LogP contribution in [0, 0.1) is 5.82 Å². The van der Waals surface area contributed by atoms with E-state index in [1.54, 1.807) is 4.98 Å². The number of phenolic OH excluding ortho intramolecular Hbond substituents is 5. The molecule has 0 radical (unpaired) electrons. The Morgan fingerprint density at radius 1 is 1.03 bits per heavy atom. The van der Waals surface area contributed by atoms with Crippen LogP contribution in [0.15, 0.2) is 40.1 Å². The van der Waals surface area contributed by atoms with E-state index < -0.39 is 81.9 Å². The van der Waals surface area contributed by atoms with Crippen LogP contribution in [0.4, 0.5) is 4.39 Å². The molecule has 4 rings (SSSR count). The Labute approximate surface area is 192 Å². The lowest BCUT2D eigenvalue weighted by molar-refractivity contribution is -0.152. The van der Waals surface area contributed by atoms with Gasteiger partial charge in [-0.1, -0.05) is 0 Å². The van der Waals surface area contributed by atoms with Gasteiger partial charge in [0.15, 0.2) is 23.4 Å². The maximum atomic E-state index is 13.5. The molecule has 2 atom stereocenters. The number of nitrogens with one attached hydrogen (secondary N) is 1. The number of benzene rings is 2. The van der Waals surface area contributed by atoms with Gasteiger partial charge in [-0.15, -0.1) is 0 Å². The highest BCUT2D eigenvalue weighted by atomic mass is 19.1. The zero-order chi connectivity index (χ0) is 25.6. The molecule has 1 aliphatic heterocycles. The van der Waals surface area contributed by atoms with Gasteiger partial charge in [-0.25, -0.2) is 4.79 Å². The predicted octanol–water partition coefficient (Wildman–Crippen LogP) is 0.132. The van der Waals surface area contributed by atoms with Gasteiger partial charge in [-0.2, -0.15) is 4.39 Å². The van der Waals surface area contributed by atoms with Crippen molar-refractivity contribution in [2.45, 2.75) is 18.8 Å². The fourth-order valence-electron chi connectivity index (χ4n) is 3.47. The second kappa shape index (κ2) is 8.40. The number of rotatable bonds is 4. The molecule has 1 aliphatic rings. The summed E-state index contributed by atoms with van der Waals surface area (Å²) in [5, 5.41) is 49.2. The van der Waals surface area contributed by atoms with Crippen molar-refractivity contribution in [2.24, 2.45) is 0 Å². The van der Waals surface area contributed by atoms with Gasteiger partial charge in [0.05, 0.1) is 6.20 Å². The van der Waals surface area contributed by atoms with Gasteiger partial charge >= 0.3 is 11.7 Å². The van der Waals surface area contributed by atoms with Crippen LogP contribution >= 0.6 is 0 Å². The average Bonchev–Trinajstić information content (AvgIpc) is 2.76. The zero-order valence-corrected chi connectivity index (χ0v) is 17.3. The molecule has 0 saturated heterocycles. The number of H-pyrrole nitrogens is 1. The van der Waals surface area contributed by atoms with E-state index in [4.69, 9.17) is 9.47 Å². The molecule has 0 spiro atoms. The number of ether oxygens (including phenoxy) is 2. The third kappa shape index (κ3) is 4.19.